The molecule has 3 heteroatoms. The fraction of sp³-hybridized carbons (Fsp3) is 0.533. The van der Waals surface area contributed by atoms with E-state index in [1.165, 1.54) is 0 Å². The summed E-state index contributed by atoms with van der Waals surface area (Å²) in [5.41, 5.74) is 0.978. The maximum atomic E-state index is 11.7. The molecule has 100 valence electrons. The van der Waals surface area contributed by atoms with E-state index in [4.69, 9.17) is 4.74 Å². The lowest BCUT2D eigenvalue weighted by atomic mass is 9.86. The van der Waals surface area contributed by atoms with Gasteiger partial charge >= 0.3 is 5.97 Å². The smallest absolute Gasteiger partial charge is 0.335 e. The van der Waals surface area contributed by atoms with Crippen LogP contribution >= 0.6 is 0 Å². The maximum absolute atomic E-state index is 11.7. The molecule has 18 heavy (non-hydrogen) atoms. The SMILES string of the molecule is CCOC(=O)C(O)C(CC(C)C)c1ccccc1. The quantitative estimate of drug-likeness (QED) is 0.790. The van der Waals surface area contributed by atoms with Crippen LogP contribution in [0.3, 0.4) is 0 Å². The predicted molar refractivity (Wildman–Crippen MR) is 71.3 cm³/mol. The van der Waals surface area contributed by atoms with E-state index in [9.17, 15) is 9.90 Å². The molecule has 3 nitrogen and oxygen atoms in total. The monoisotopic (exact) mass is 250 g/mol. The van der Waals surface area contributed by atoms with Crippen LogP contribution in [0.5, 0.6) is 0 Å². The largest absolute Gasteiger partial charge is 0.464 e. The third kappa shape index (κ3) is 4.15. The van der Waals surface area contributed by atoms with Crippen molar-refractivity contribution in [2.24, 2.45) is 5.92 Å². The third-order valence-corrected chi connectivity index (χ3v) is 2.86. The van der Waals surface area contributed by atoms with Crippen LogP contribution in [-0.2, 0) is 9.53 Å². The summed E-state index contributed by atoms with van der Waals surface area (Å²) < 4.78 is 4.90. The van der Waals surface area contributed by atoms with Crippen molar-refractivity contribution in [2.45, 2.75) is 39.2 Å². The minimum atomic E-state index is -1.09. The van der Waals surface area contributed by atoms with E-state index in [0.29, 0.717) is 12.5 Å². The van der Waals surface area contributed by atoms with E-state index in [0.717, 1.165) is 12.0 Å². The van der Waals surface area contributed by atoms with Gasteiger partial charge < -0.3 is 9.84 Å². The molecule has 0 amide bonds. The molecule has 2 atom stereocenters. The van der Waals surface area contributed by atoms with Gasteiger partial charge in [0.05, 0.1) is 6.61 Å². The third-order valence-electron chi connectivity index (χ3n) is 2.86. The minimum absolute atomic E-state index is 0.203. The van der Waals surface area contributed by atoms with Crippen molar-refractivity contribution in [2.75, 3.05) is 6.61 Å². The molecule has 1 aromatic rings. The van der Waals surface area contributed by atoms with Gasteiger partial charge in [0.2, 0.25) is 0 Å². The molecule has 2 unspecified atom stereocenters. The van der Waals surface area contributed by atoms with Gasteiger partial charge in [-0.1, -0.05) is 44.2 Å². The molecule has 0 aliphatic heterocycles. The first-order valence-corrected chi connectivity index (χ1v) is 6.45. The summed E-state index contributed by atoms with van der Waals surface area (Å²) in [6.45, 7) is 6.19. The topological polar surface area (TPSA) is 46.5 Å². The van der Waals surface area contributed by atoms with Crippen LogP contribution < -0.4 is 0 Å². The Bertz CT molecular complexity index is 359. The second-order valence-electron chi connectivity index (χ2n) is 4.84. The number of rotatable bonds is 6. The highest BCUT2D eigenvalue weighted by Gasteiger charge is 2.29. The molecule has 1 rings (SSSR count). The fourth-order valence-corrected chi connectivity index (χ4v) is 2.05. The number of carbonyl (C=O) groups is 1. The Morgan fingerprint density at radius 2 is 1.89 bits per heavy atom. The maximum Gasteiger partial charge on any atom is 0.335 e. The van der Waals surface area contributed by atoms with E-state index in [2.05, 4.69) is 13.8 Å². The average Bonchev–Trinajstić information content (AvgIpc) is 2.36. The van der Waals surface area contributed by atoms with E-state index in [1.54, 1.807) is 6.92 Å². The number of benzene rings is 1. The number of esters is 1. The van der Waals surface area contributed by atoms with Crippen molar-refractivity contribution in [3.8, 4) is 0 Å². The van der Waals surface area contributed by atoms with Gasteiger partial charge in [0.15, 0.2) is 6.10 Å². The van der Waals surface area contributed by atoms with Gasteiger partial charge in [-0.3, -0.25) is 0 Å². The van der Waals surface area contributed by atoms with E-state index < -0.39 is 12.1 Å². The molecular weight excluding hydrogens is 228 g/mol. The molecule has 0 fully saturated rings. The number of hydrogen-bond acceptors (Lipinski definition) is 3. The molecule has 1 aromatic carbocycles. The molecule has 0 radical (unpaired) electrons. The summed E-state index contributed by atoms with van der Waals surface area (Å²) in [6, 6.07) is 9.64. The molecule has 0 saturated carbocycles. The molecular formula is C15H22O3. The number of carbonyl (C=O) groups excluding carboxylic acids is 1. The second kappa shape index (κ2) is 7.17. The van der Waals surface area contributed by atoms with Crippen molar-refractivity contribution < 1.29 is 14.6 Å². The van der Waals surface area contributed by atoms with E-state index in [1.807, 2.05) is 30.3 Å². The normalized spacial score (nSPS) is 14.3. The molecule has 0 bridgehead atoms. The zero-order valence-corrected chi connectivity index (χ0v) is 11.3. The first-order chi connectivity index (χ1) is 8.56. The first kappa shape index (κ1) is 14.7. The molecule has 1 N–H and O–H groups in total. The summed E-state index contributed by atoms with van der Waals surface area (Å²) in [5.74, 6) is -0.337. The summed E-state index contributed by atoms with van der Waals surface area (Å²) in [5, 5.41) is 10.1. The summed E-state index contributed by atoms with van der Waals surface area (Å²) in [7, 11) is 0. The predicted octanol–water partition coefficient (Wildman–Crippen LogP) is 2.74. The Labute approximate surface area is 109 Å². The second-order valence-corrected chi connectivity index (χ2v) is 4.84. The Kier molecular flexibility index (Phi) is 5.86. The minimum Gasteiger partial charge on any atom is -0.464 e. The zero-order valence-electron chi connectivity index (χ0n) is 11.3. The van der Waals surface area contributed by atoms with Crippen molar-refractivity contribution in [1.82, 2.24) is 0 Å². The molecule has 0 aromatic heterocycles. The van der Waals surface area contributed by atoms with Gasteiger partial charge in [-0.05, 0) is 24.8 Å². The zero-order chi connectivity index (χ0) is 13.5. The molecule has 0 saturated heterocycles. The molecule has 0 heterocycles. The lowest BCUT2D eigenvalue weighted by molar-refractivity contribution is -0.154. The Balaban J connectivity index is 2.88. The van der Waals surface area contributed by atoms with Crippen molar-refractivity contribution >= 4 is 5.97 Å². The van der Waals surface area contributed by atoms with Gasteiger partial charge in [0.1, 0.15) is 0 Å². The number of aliphatic hydroxyl groups is 1. The average molecular weight is 250 g/mol. The van der Waals surface area contributed by atoms with Crippen LogP contribution in [0.4, 0.5) is 0 Å². The fourth-order valence-electron chi connectivity index (χ4n) is 2.05. The van der Waals surface area contributed by atoms with Crippen LogP contribution in [0.15, 0.2) is 30.3 Å². The Hall–Kier alpha value is -1.35. The van der Waals surface area contributed by atoms with Crippen molar-refractivity contribution in [3.05, 3.63) is 35.9 Å². The van der Waals surface area contributed by atoms with Gasteiger partial charge in [-0.2, -0.15) is 0 Å². The van der Waals surface area contributed by atoms with Crippen molar-refractivity contribution in [3.63, 3.8) is 0 Å². The van der Waals surface area contributed by atoms with Crippen LogP contribution in [-0.4, -0.2) is 23.8 Å². The van der Waals surface area contributed by atoms with Crippen LogP contribution in [0.25, 0.3) is 0 Å². The van der Waals surface area contributed by atoms with Crippen LogP contribution in [0.2, 0.25) is 0 Å². The summed E-state index contributed by atoms with van der Waals surface area (Å²) in [6.07, 6.45) is -0.334. The Morgan fingerprint density at radius 1 is 1.28 bits per heavy atom. The molecule has 0 aliphatic rings. The number of ether oxygens (including phenoxy) is 1. The lowest BCUT2D eigenvalue weighted by Gasteiger charge is -2.23. The highest BCUT2D eigenvalue weighted by atomic mass is 16.5. The van der Waals surface area contributed by atoms with E-state index in [-0.39, 0.29) is 5.92 Å². The molecule has 0 spiro atoms. The number of aliphatic hydroxyl groups excluding tert-OH is 1. The van der Waals surface area contributed by atoms with Crippen molar-refractivity contribution in [1.29, 1.82) is 0 Å². The lowest BCUT2D eigenvalue weighted by Crippen LogP contribution is -2.30. The van der Waals surface area contributed by atoms with E-state index >= 15 is 0 Å². The van der Waals surface area contributed by atoms with Crippen LogP contribution in [0.1, 0.15) is 38.7 Å². The van der Waals surface area contributed by atoms with Gasteiger partial charge in [0, 0.05) is 5.92 Å². The number of hydrogen-bond donors (Lipinski definition) is 1. The summed E-state index contributed by atoms with van der Waals surface area (Å²) >= 11 is 0. The van der Waals surface area contributed by atoms with Crippen LogP contribution in [0, 0.1) is 5.92 Å². The highest BCUT2D eigenvalue weighted by Crippen LogP contribution is 2.27. The van der Waals surface area contributed by atoms with Gasteiger partial charge in [-0.25, -0.2) is 4.79 Å². The van der Waals surface area contributed by atoms with Gasteiger partial charge in [-0.15, -0.1) is 0 Å². The standard InChI is InChI=1S/C15H22O3/c1-4-18-15(17)14(16)13(10-11(2)3)12-8-6-5-7-9-12/h5-9,11,13-14,16H,4,10H2,1-3H3. The Morgan fingerprint density at radius 3 is 2.39 bits per heavy atom. The first-order valence-electron chi connectivity index (χ1n) is 6.45. The summed E-state index contributed by atoms with van der Waals surface area (Å²) in [4.78, 5) is 11.7. The highest BCUT2D eigenvalue weighted by molar-refractivity contribution is 5.75. The van der Waals surface area contributed by atoms with Gasteiger partial charge in [0.25, 0.3) is 0 Å². The molecule has 0 aliphatic carbocycles.